The van der Waals surface area contributed by atoms with Gasteiger partial charge in [-0.25, -0.2) is 0 Å². The van der Waals surface area contributed by atoms with Gasteiger partial charge in [-0.05, 0) is 0 Å². The smallest absolute Gasteiger partial charge is 0.0762 e. The van der Waals surface area contributed by atoms with E-state index >= 15 is 0 Å². The van der Waals surface area contributed by atoms with Gasteiger partial charge in [-0.15, -0.1) is 0 Å². The van der Waals surface area contributed by atoms with Crippen molar-refractivity contribution < 1.29 is 0 Å². The summed E-state index contributed by atoms with van der Waals surface area (Å²) in [6.45, 7) is 0. The van der Waals surface area contributed by atoms with Gasteiger partial charge in [0.1, 0.15) is 5.39 Å². The minimum Gasteiger partial charge on any atom is -0.0762 e. The van der Waals surface area contributed by atoms with Crippen molar-refractivity contribution in [1.82, 2.24) is 0 Å². The zero-order chi connectivity index (χ0) is 10.1. The maximum absolute atomic E-state index is 6.07. The summed E-state index contributed by atoms with van der Waals surface area (Å²) in [4.78, 5) is 0. The Kier molecular flexibility index (Phi) is 3.97. The molecule has 1 rings (SSSR count). The molecule has 0 bridgehead atoms. The zero-order valence-corrected chi connectivity index (χ0v) is 11.0. The van der Waals surface area contributed by atoms with Crippen molar-refractivity contribution in [2.45, 2.75) is 3.53 Å². The fourth-order valence-electron chi connectivity index (χ4n) is 0.766. The molecular formula is C7H5Cl4PS. The van der Waals surface area contributed by atoms with Crippen LogP contribution in [0.3, 0.4) is 0 Å². The lowest BCUT2D eigenvalue weighted by Gasteiger charge is -2.22. The Balaban J connectivity index is 3.17. The van der Waals surface area contributed by atoms with Gasteiger partial charge in [0, 0.05) is 5.30 Å². The average Bonchev–Trinajstić information content (AvgIpc) is 2.04. The molecular weight excluding hydrogens is 289 g/mol. The fourth-order valence-corrected chi connectivity index (χ4v) is 3.20. The summed E-state index contributed by atoms with van der Waals surface area (Å²) in [7, 11) is 0. The van der Waals surface area contributed by atoms with Crippen molar-refractivity contribution in [1.29, 1.82) is 0 Å². The van der Waals surface area contributed by atoms with Crippen molar-refractivity contribution >= 4 is 68.5 Å². The van der Waals surface area contributed by atoms with E-state index in [1.807, 2.05) is 18.2 Å². The third-order valence-corrected chi connectivity index (χ3v) is 9.79. The van der Waals surface area contributed by atoms with Crippen LogP contribution in [-0.4, -0.2) is 3.53 Å². The number of hydrogen-bond acceptors (Lipinski definition) is 1. The Bertz CT molecular complexity index is 332. The molecule has 0 fully saturated rings. The van der Waals surface area contributed by atoms with Crippen molar-refractivity contribution in [2.24, 2.45) is 0 Å². The summed E-state index contributed by atoms with van der Waals surface area (Å²) in [6.07, 6.45) is 0. The van der Waals surface area contributed by atoms with Crippen molar-refractivity contribution in [3.05, 3.63) is 30.3 Å². The van der Waals surface area contributed by atoms with Crippen LogP contribution in [0, 0.1) is 0 Å². The van der Waals surface area contributed by atoms with Crippen LogP contribution in [0.2, 0.25) is 0 Å². The summed E-state index contributed by atoms with van der Waals surface area (Å²) >= 11 is 28.3. The Hall–Kier alpha value is 1.03. The molecule has 0 saturated heterocycles. The first-order valence-electron chi connectivity index (χ1n) is 3.28. The first kappa shape index (κ1) is 12.1. The van der Waals surface area contributed by atoms with Crippen LogP contribution in [0.4, 0.5) is 0 Å². The molecule has 0 heterocycles. The minimum atomic E-state index is -2.63. The van der Waals surface area contributed by atoms with Crippen LogP contribution < -0.4 is 5.30 Å². The van der Waals surface area contributed by atoms with Gasteiger partial charge in [0.05, 0.1) is 0 Å². The molecule has 0 aliphatic heterocycles. The SMILES string of the molecule is S=P(Cl)(c1ccccc1)C(Cl)(Cl)Cl. The third kappa shape index (κ3) is 2.75. The van der Waals surface area contributed by atoms with Crippen molar-refractivity contribution in [3.63, 3.8) is 0 Å². The second kappa shape index (κ2) is 4.26. The molecule has 0 amide bonds. The van der Waals surface area contributed by atoms with Crippen molar-refractivity contribution in [3.8, 4) is 0 Å². The van der Waals surface area contributed by atoms with E-state index in [-0.39, 0.29) is 0 Å². The van der Waals surface area contributed by atoms with Crippen LogP contribution in [0.25, 0.3) is 0 Å². The normalized spacial score (nSPS) is 16.6. The molecule has 1 aromatic rings. The third-order valence-electron chi connectivity index (χ3n) is 1.41. The van der Waals surface area contributed by atoms with E-state index in [2.05, 4.69) is 0 Å². The molecule has 6 heteroatoms. The number of benzene rings is 1. The first-order chi connectivity index (χ1) is 5.86. The van der Waals surface area contributed by atoms with Crippen LogP contribution in [0.5, 0.6) is 0 Å². The quantitative estimate of drug-likeness (QED) is 0.550. The predicted octanol–water partition coefficient (Wildman–Crippen LogP) is 4.27. The number of rotatable bonds is 1. The molecule has 72 valence electrons. The monoisotopic (exact) mass is 292 g/mol. The highest BCUT2D eigenvalue weighted by Gasteiger charge is 2.39. The van der Waals surface area contributed by atoms with Gasteiger partial charge in [-0.1, -0.05) is 88.2 Å². The lowest BCUT2D eigenvalue weighted by atomic mass is 10.4. The zero-order valence-electron chi connectivity index (χ0n) is 6.25. The van der Waals surface area contributed by atoms with E-state index in [0.717, 1.165) is 0 Å². The van der Waals surface area contributed by atoms with E-state index in [4.69, 9.17) is 57.9 Å². The van der Waals surface area contributed by atoms with Crippen molar-refractivity contribution in [2.75, 3.05) is 0 Å². The van der Waals surface area contributed by atoms with Gasteiger partial charge in [0.25, 0.3) is 0 Å². The first-order valence-corrected chi connectivity index (χ1v) is 8.12. The lowest BCUT2D eigenvalue weighted by Crippen LogP contribution is -2.11. The van der Waals surface area contributed by atoms with E-state index < -0.39 is 8.92 Å². The Morgan fingerprint density at radius 3 is 1.92 bits per heavy atom. The second-order valence-corrected chi connectivity index (χ2v) is 11.4. The van der Waals surface area contributed by atoms with Crippen LogP contribution in [-0.2, 0) is 11.8 Å². The number of hydrogen-bond donors (Lipinski definition) is 0. The summed E-state index contributed by atoms with van der Waals surface area (Å²) < 4.78 is -1.59. The average molecular weight is 294 g/mol. The Morgan fingerprint density at radius 2 is 1.54 bits per heavy atom. The molecule has 0 spiro atoms. The predicted molar refractivity (Wildman–Crippen MR) is 66.5 cm³/mol. The highest BCUT2D eigenvalue weighted by molar-refractivity contribution is 8.33. The second-order valence-electron chi connectivity index (χ2n) is 2.34. The maximum Gasteiger partial charge on any atom is 0.234 e. The standard InChI is InChI=1S/C7H5Cl4PS/c8-7(9,10)12(11,13)6-4-2-1-3-5-6/h1-5H. The van der Waals surface area contributed by atoms with E-state index in [1.54, 1.807) is 12.1 Å². The molecule has 0 N–H and O–H groups in total. The minimum absolute atomic E-state index is 0.715. The largest absolute Gasteiger partial charge is 0.234 e. The topological polar surface area (TPSA) is 0 Å². The molecule has 0 aliphatic rings. The fraction of sp³-hybridized carbons (Fsp3) is 0.143. The Morgan fingerprint density at radius 1 is 1.08 bits per heavy atom. The lowest BCUT2D eigenvalue weighted by molar-refractivity contribution is 1.72. The highest BCUT2D eigenvalue weighted by atomic mass is 35.7. The van der Waals surface area contributed by atoms with Gasteiger partial charge < -0.3 is 0 Å². The highest BCUT2D eigenvalue weighted by Crippen LogP contribution is 2.68. The van der Waals surface area contributed by atoms with Gasteiger partial charge in [-0.3, -0.25) is 0 Å². The molecule has 0 aromatic heterocycles. The van der Waals surface area contributed by atoms with Crippen LogP contribution in [0.15, 0.2) is 30.3 Å². The van der Waals surface area contributed by atoms with Gasteiger partial charge in [0.15, 0.2) is 0 Å². The number of alkyl halides is 3. The summed E-state index contributed by atoms with van der Waals surface area (Å²) in [5.74, 6) is 0. The summed E-state index contributed by atoms with van der Waals surface area (Å²) in [5.41, 5.74) is 0. The summed E-state index contributed by atoms with van der Waals surface area (Å²) in [6, 6.07) is 9.03. The van der Waals surface area contributed by atoms with Gasteiger partial charge >= 0.3 is 0 Å². The molecule has 0 radical (unpaired) electrons. The summed E-state index contributed by atoms with van der Waals surface area (Å²) in [5, 5.41) is -1.91. The van der Waals surface area contributed by atoms with Gasteiger partial charge in [-0.2, -0.15) is 0 Å². The molecule has 1 atom stereocenters. The molecule has 0 saturated carbocycles. The van der Waals surface area contributed by atoms with E-state index in [0.29, 0.717) is 5.30 Å². The molecule has 1 unspecified atom stereocenters. The molecule has 0 aliphatic carbocycles. The number of halogens is 4. The van der Waals surface area contributed by atoms with Crippen LogP contribution >= 0.6 is 51.4 Å². The van der Waals surface area contributed by atoms with Gasteiger partial charge in [0.2, 0.25) is 3.53 Å². The maximum atomic E-state index is 6.07. The van der Waals surface area contributed by atoms with E-state index in [1.165, 1.54) is 0 Å². The molecule has 0 nitrogen and oxygen atoms in total. The molecule has 1 aromatic carbocycles. The molecule has 13 heavy (non-hydrogen) atoms. The Labute approximate surface area is 102 Å². The van der Waals surface area contributed by atoms with E-state index in [9.17, 15) is 0 Å². The van der Waals surface area contributed by atoms with Crippen LogP contribution in [0.1, 0.15) is 0 Å².